The van der Waals surface area contributed by atoms with E-state index in [1.165, 1.54) is 0 Å². The van der Waals surface area contributed by atoms with Crippen LogP contribution in [-0.4, -0.2) is 4.57 Å². The van der Waals surface area contributed by atoms with Crippen LogP contribution >= 0.6 is 15.9 Å². The molecule has 0 N–H and O–H groups in total. The van der Waals surface area contributed by atoms with Crippen LogP contribution in [-0.2, 0) is 7.05 Å². The maximum atomic E-state index is 8.90. The summed E-state index contributed by atoms with van der Waals surface area (Å²) in [5.41, 5.74) is 1.74. The van der Waals surface area contributed by atoms with Crippen LogP contribution in [0.15, 0.2) is 28.7 Å². The third kappa shape index (κ3) is 1.06. The number of benzene rings is 1. The summed E-state index contributed by atoms with van der Waals surface area (Å²) in [4.78, 5) is 0. The third-order valence-corrected chi connectivity index (χ3v) is 2.95. The van der Waals surface area contributed by atoms with Crippen LogP contribution in [0.2, 0.25) is 0 Å². The molecular formula is C10H7BrN2. The lowest BCUT2D eigenvalue weighted by Crippen LogP contribution is -1.90. The molecule has 0 fully saturated rings. The maximum Gasteiger partial charge on any atom is 0.135 e. The molecular weight excluding hydrogens is 228 g/mol. The molecule has 2 rings (SSSR count). The Bertz CT molecular complexity index is 466. The molecule has 1 aromatic carbocycles. The molecule has 3 heteroatoms. The van der Waals surface area contributed by atoms with Crippen molar-refractivity contribution in [2.24, 2.45) is 7.05 Å². The van der Waals surface area contributed by atoms with Crippen LogP contribution in [0.4, 0.5) is 0 Å². The second kappa shape index (κ2) is 2.90. The van der Waals surface area contributed by atoms with E-state index in [2.05, 4.69) is 22.0 Å². The molecule has 0 saturated carbocycles. The Hall–Kier alpha value is -1.27. The van der Waals surface area contributed by atoms with Gasteiger partial charge in [0, 0.05) is 18.0 Å². The maximum absolute atomic E-state index is 8.90. The minimum absolute atomic E-state index is 0.668. The Morgan fingerprint density at radius 3 is 2.69 bits per heavy atom. The molecule has 0 aliphatic carbocycles. The smallest absolute Gasteiger partial charge is 0.135 e. The van der Waals surface area contributed by atoms with Gasteiger partial charge in [-0.25, -0.2) is 0 Å². The largest absolute Gasteiger partial charge is 0.334 e. The van der Waals surface area contributed by atoms with E-state index in [1.807, 2.05) is 35.9 Å². The zero-order valence-corrected chi connectivity index (χ0v) is 8.67. The van der Waals surface area contributed by atoms with Crippen LogP contribution in [0, 0.1) is 11.3 Å². The van der Waals surface area contributed by atoms with Gasteiger partial charge in [-0.15, -0.1) is 0 Å². The molecule has 0 bridgehead atoms. The molecule has 0 amide bonds. The lowest BCUT2D eigenvalue weighted by Gasteiger charge is -1.94. The highest BCUT2D eigenvalue weighted by Gasteiger charge is 2.10. The average Bonchev–Trinajstić information content (AvgIpc) is 2.41. The summed E-state index contributed by atoms with van der Waals surface area (Å²) in [6.07, 6.45) is 0. The number of halogens is 1. The minimum Gasteiger partial charge on any atom is -0.334 e. The number of fused-ring (bicyclic) bond motifs is 1. The van der Waals surface area contributed by atoms with Gasteiger partial charge < -0.3 is 4.57 Å². The van der Waals surface area contributed by atoms with Gasteiger partial charge >= 0.3 is 0 Å². The molecule has 1 aromatic heterocycles. The quantitative estimate of drug-likeness (QED) is 0.690. The van der Waals surface area contributed by atoms with E-state index in [0.717, 1.165) is 15.4 Å². The molecule has 0 spiro atoms. The van der Waals surface area contributed by atoms with Crippen LogP contribution < -0.4 is 0 Å². The Kier molecular flexibility index (Phi) is 1.86. The molecule has 0 aliphatic rings. The highest BCUT2D eigenvalue weighted by Crippen LogP contribution is 2.29. The van der Waals surface area contributed by atoms with Gasteiger partial charge in [-0.3, -0.25) is 0 Å². The van der Waals surface area contributed by atoms with E-state index in [4.69, 9.17) is 5.26 Å². The van der Waals surface area contributed by atoms with Gasteiger partial charge in [0.25, 0.3) is 0 Å². The normalized spacial score (nSPS) is 10.2. The van der Waals surface area contributed by atoms with Gasteiger partial charge in [-0.1, -0.05) is 18.2 Å². The number of aromatic nitrogens is 1. The Morgan fingerprint density at radius 2 is 2.08 bits per heavy atom. The molecule has 2 aromatic rings. The summed E-state index contributed by atoms with van der Waals surface area (Å²) in [6.45, 7) is 0. The van der Waals surface area contributed by atoms with Crippen molar-refractivity contribution in [2.45, 2.75) is 0 Å². The van der Waals surface area contributed by atoms with Gasteiger partial charge in [0.1, 0.15) is 11.8 Å². The second-order valence-electron chi connectivity index (χ2n) is 2.85. The summed E-state index contributed by atoms with van der Waals surface area (Å²) in [7, 11) is 1.89. The van der Waals surface area contributed by atoms with Crippen molar-refractivity contribution in [1.82, 2.24) is 4.57 Å². The SMILES string of the molecule is Cn1c(C#N)c(Br)c2ccccc21. The third-order valence-electron chi connectivity index (χ3n) is 2.15. The van der Waals surface area contributed by atoms with Crippen molar-refractivity contribution < 1.29 is 0 Å². The second-order valence-corrected chi connectivity index (χ2v) is 3.64. The number of nitriles is 1. The first-order valence-electron chi connectivity index (χ1n) is 3.88. The number of hydrogen-bond acceptors (Lipinski definition) is 1. The van der Waals surface area contributed by atoms with E-state index < -0.39 is 0 Å². The van der Waals surface area contributed by atoms with Crippen molar-refractivity contribution in [3.8, 4) is 6.07 Å². The monoisotopic (exact) mass is 234 g/mol. The van der Waals surface area contributed by atoms with Crippen molar-refractivity contribution in [2.75, 3.05) is 0 Å². The fourth-order valence-electron chi connectivity index (χ4n) is 1.47. The van der Waals surface area contributed by atoms with Gasteiger partial charge in [0.15, 0.2) is 0 Å². The van der Waals surface area contributed by atoms with E-state index in [-0.39, 0.29) is 0 Å². The predicted octanol–water partition coefficient (Wildman–Crippen LogP) is 2.81. The van der Waals surface area contributed by atoms with Crippen molar-refractivity contribution >= 4 is 26.8 Å². The molecule has 1 heterocycles. The topological polar surface area (TPSA) is 28.7 Å². The van der Waals surface area contributed by atoms with E-state index >= 15 is 0 Å². The van der Waals surface area contributed by atoms with Crippen molar-refractivity contribution in [3.05, 3.63) is 34.4 Å². The predicted molar refractivity (Wildman–Crippen MR) is 55.3 cm³/mol. The Balaban J connectivity index is 2.99. The summed E-state index contributed by atoms with van der Waals surface area (Å²) in [5.74, 6) is 0. The zero-order valence-electron chi connectivity index (χ0n) is 7.08. The molecule has 13 heavy (non-hydrogen) atoms. The summed E-state index contributed by atoms with van der Waals surface area (Å²) < 4.78 is 2.77. The molecule has 2 nitrogen and oxygen atoms in total. The van der Waals surface area contributed by atoms with Gasteiger partial charge in [-0.2, -0.15) is 5.26 Å². The van der Waals surface area contributed by atoms with Crippen LogP contribution in [0.3, 0.4) is 0 Å². The number of nitrogens with zero attached hydrogens (tertiary/aromatic N) is 2. The van der Waals surface area contributed by atoms with E-state index in [0.29, 0.717) is 5.69 Å². The number of para-hydroxylation sites is 1. The minimum atomic E-state index is 0.668. The van der Waals surface area contributed by atoms with E-state index in [9.17, 15) is 0 Å². The van der Waals surface area contributed by atoms with Crippen molar-refractivity contribution in [1.29, 1.82) is 5.26 Å². The first-order valence-corrected chi connectivity index (χ1v) is 4.68. The first kappa shape index (κ1) is 8.33. The summed E-state index contributed by atoms with van der Waals surface area (Å²) in [6, 6.07) is 10.1. The highest BCUT2D eigenvalue weighted by atomic mass is 79.9. The number of aryl methyl sites for hydroxylation is 1. The zero-order chi connectivity index (χ0) is 9.42. The first-order chi connectivity index (χ1) is 6.25. The summed E-state index contributed by atoms with van der Waals surface area (Å²) >= 11 is 3.42. The van der Waals surface area contributed by atoms with Gasteiger partial charge in [0.2, 0.25) is 0 Å². The molecule has 0 radical (unpaired) electrons. The number of hydrogen-bond donors (Lipinski definition) is 0. The fraction of sp³-hybridized carbons (Fsp3) is 0.100. The lowest BCUT2D eigenvalue weighted by molar-refractivity contribution is 0.944. The van der Waals surface area contributed by atoms with Crippen LogP contribution in [0.25, 0.3) is 10.9 Å². The van der Waals surface area contributed by atoms with Gasteiger partial charge in [-0.05, 0) is 22.0 Å². The van der Waals surface area contributed by atoms with Crippen LogP contribution in [0.1, 0.15) is 5.69 Å². The van der Waals surface area contributed by atoms with E-state index in [1.54, 1.807) is 0 Å². The standard InChI is InChI=1S/C10H7BrN2/c1-13-8-5-3-2-4-7(8)10(11)9(13)6-12/h2-5H,1H3. The fourth-order valence-corrected chi connectivity index (χ4v) is 2.16. The van der Waals surface area contributed by atoms with Crippen LogP contribution in [0.5, 0.6) is 0 Å². The molecule has 64 valence electrons. The average molecular weight is 235 g/mol. The van der Waals surface area contributed by atoms with Crippen molar-refractivity contribution in [3.63, 3.8) is 0 Å². The number of rotatable bonds is 0. The molecule has 0 atom stereocenters. The summed E-state index contributed by atoms with van der Waals surface area (Å²) in [5, 5.41) is 9.98. The highest BCUT2D eigenvalue weighted by molar-refractivity contribution is 9.10. The lowest BCUT2D eigenvalue weighted by atomic mass is 10.2. The molecule has 0 saturated heterocycles. The Morgan fingerprint density at radius 1 is 1.38 bits per heavy atom. The molecule has 0 aliphatic heterocycles. The molecule has 0 unspecified atom stereocenters. The van der Waals surface area contributed by atoms with Gasteiger partial charge in [0.05, 0.1) is 4.47 Å². The Labute approximate surface area is 84.5 Å².